The third-order valence-electron chi connectivity index (χ3n) is 2.67. The highest BCUT2D eigenvalue weighted by Gasteiger charge is 2.09. The van der Waals surface area contributed by atoms with E-state index in [0.29, 0.717) is 12.2 Å². The normalized spacial score (nSPS) is 10.7. The predicted octanol–water partition coefficient (Wildman–Crippen LogP) is 3.39. The molecular weight excluding hydrogens is 324 g/mol. The van der Waals surface area contributed by atoms with E-state index < -0.39 is 0 Å². The number of benzene rings is 1. The minimum atomic E-state index is 0.216. The summed E-state index contributed by atoms with van der Waals surface area (Å²) in [6.07, 6.45) is 0.443. The summed E-state index contributed by atoms with van der Waals surface area (Å²) in [4.78, 5) is 13.1. The molecule has 0 unspecified atom stereocenters. The molecule has 0 saturated heterocycles. The number of rotatable bonds is 5. The van der Waals surface area contributed by atoms with E-state index in [-0.39, 0.29) is 5.78 Å². The van der Waals surface area contributed by atoms with Gasteiger partial charge in [0.25, 0.3) is 0 Å². The van der Waals surface area contributed by atoms with E-state index in [9.17, 15) is 4.79 Å². The molecule has 0 N–H and O–H groups in total. The second-order valence-corrected chi connectivity index (χ2v) is 6.33. The number of thioether (sulfide) groups is 1. The minimum Gasteiger partial charge on any atom is -0.298 e. The van der Waals surface area contributed by atoms with Crippen LogP contribution in [0.4, 0.5) is 0 Å². The highest BCUT2D eigenvalue weighted by molar-refractivity contribution is 9.10. The molecule has 0 bridgehead atoms. The number of hydrogen-bond acceptors (Lipinski definition) is 3. The molecule has 0 radical (unpaired) electrons. The van der Waals surface area contributed by atoms with Crippen LogP contribution in [0.2, 0.25) is 0 Å². The third kappa shape index (κ3) is 4.21. The van der Waals surface area contributed by atoms with Gasteiger partial charge in [0.1, 0.15) is 5.78 Å². The molecule has 5 heteroatoms. The van der Waals surface area contributed by atoms with Gasteiger partial charge in [0, 0.05) is 28.5 Å². The number of hydrogen-bond donors (Lipinski definition) is 0. The van der Waals surface area contributed by atoms with Gasteiger partial charge in [-0.2, -0.15) is 5.10 Å². The van der Waals surface area contributed by atoms with Crippen LogP contribution in [0.15, 0.2) is 39.7 Å². The van der Waals surface area contributed by atoms with Crippen molar-refractivity contribution in [3.05, 3.63) is 46.2 Å². The Kier molecular flexibility index (Phi) is 4.82. The van der Waals surface area contributed by atoms with E-state index in [2.05, 4.69) is 21.0 Å². The van der Waals surface area contributed by atoms with Crippen molar-refractivity contribution >= 4 is 33.5 Å². The van der Waals surface area contributed by atoms with Crippen molar-refractivity contribution < 1.29 is 4.79 Å². The zero-order valence-corrected chi connectivity index (χ0v) is 13.3. The molecule has 0 atom stereocenters. The van der Waals surface area contributed by atoms with Crippen molar-refractivity contribution in [1.29, 1.82) is 0 Å². The molecule has 100 valence electrons. The summed E-state index contributed by atoms with van der Waals surface area (Å²) in [5.41, 5.74) is 1.92. The van der Waals surface area contributed by atoms with Crippen LogP contribution in [0, 0.1) is 6.92 Å². The number of ketones is 1. The van der Waals surface area contributed by atoms with Crippen molar-refractivity contribution in [2.24, 2.45) is 7.05 Å². The first-order chi connectivity index (χ1) is 9.04. The summed E-state index contributed by atoms with van der Waals surface area (Å²) in [6, 6.07) is 9.94. The van der Waals surface area contributed by atoms with Gasteiger partial charge in [-0.1, -0.05) is 22.0 Å². The van der Waals surface area contributed by atoms with Crippen LogP contribution in [0.5, 0.6) is 0 Å². The van der Waals surface area contributed by atoms with Crippen molar-refractivity contribution in [3.63, 3.8) is 0 Å². The number of carbonyl (C=O) groups excluding carboxylic acids is 1. The molecular formula is C14H15BrN2OS. The largest absolute Gasteiger partial charge is 0.298 e. The Morgan fingerprint density at radius 1 is 1.42 bits per heavy atom. The Balaban J connectivity index is 1.90. The van der Waals surface area contributed by atoms with Gasteiger partial charge in [0.05, 0.1) is 11.4 Å². The number of nitrogens with zero attached hydrogens (tertiary/aromatic N) is 2. The maximum atomic E-state index is 12.0. The molecule has 2 rings (SSSR count). The summed E-state index contributed by atoms with van der Waals surface area (Å²) < 4.78 is 2.81. The number of aryl methyl sites for hydroxylation is 2. The fourth-order valence-electron chi connectivity index (χ4n) is 1.80. The Labute approximate surface area is 125 Å². The highest BCUT2D eigenvalue weighted by Crippen LogP contribution is 2.22. The summed E-state index contributed by atoms with van der Waals surface area (Å²) in [5.74, 6) is 0.703. The molecule has 1 aromatic carbocycles. The first kappa shape index (κ1) is 14.3. The predicted molar refractivity (Wildman–Crippen MR) is 81.5 cm³/mol. The topological polar surface area (TPSA) is 34.9 Å². The lowest BCUT2D eigenvalue weighted by Gasteiger charge is -2.03. The van der Waals surface area contributed by atoms with Crippen molar-refractivity contribution in [2.45, 2.75) is 18.2 Å². The lowest BCUT2D eigenvalue weighted by Crippen LogP contribution is -2.09. The van der Waals surface area contributed by atoms with E-state index >= 15 is 0 Å². The number of aromatic nitrogens is 2. The molecule has 1 aromatic heterocycles. The lowest BCUT2D eigenvalue weighted by atomic mass is 10.2. The fraction of sp³-hybridized carbons (Fsp3) is 0.286. The number of halogens is 1. The van der Waals surface area contributed by atoms with Gasteiger partial charge in [0.2, 0.25) is 0 Å². The van der Waals surface area contributed by atoms with Crippen molar-refractivity contribution in [2.75, 3.05) is 5.75 Å². The molecule has 0 aliphatic carbocycles. The Bertz CT molecular complexity index is 595. The smallest absolute Gasteiger partial charge is 0.149 e. The molecule has 0 aliphatic heterocycles. The first-order valence-electron chi connectivity index (χ1n) is 5.94. The van der Waals surface area contributed by atoms with Gasteiger partial charge in [0.15, 0.2) is 0 Å². The van der Waals surface area contributed by atoms with Crippen LogP contribution < -0.4 is 0 Å². The van der Waals surface area contributed by atoms with E-state index in [4.69, 9.17) is 0 Å². The second-order valence-electron chi connectivity index (χ2n) is 4.36. The first-order valence-corrected chi connectivity index (χ1v) is 7.72. The average molecular weight is 339 g/mol. The fourth-order valence-corrected chi connectivity index (χ4v) is 3.17. The SMILES string of the molecule is Cc1cc(CC(=O)CSc2cccc(Br)c2)n(C)n1. The van der Waals surface area contributed by atoms with Gasteiger partial charge in [-0.25, -0.2) is 0 Å². The Morgan fingerprint density at radius 3 is 2.84 bits per heavy atom. The maximum Gasteiger partial charge on any atom is 0.149 e. The molecule has 0 saturated carbocycles. The molecule has 0 aliphatic rings. The molecule has 1 heterocycles. The molecule has 0 amide bonds. The molecule has 0 spiro atoms. The second kappa shape index (κ2) is 6.39. The number of Topliss-reactive ketones (excluding diaryl/α,β-unsaturated/α-hetero) is 1. The summed E-state index contributed by atoms with van der Waals surface area (Å²) in [6.45, 7) is 1.93. The maximum absolute atomic E-state index is 12.0. The zero-order chi connectivity index (χ0) is 13.8. The van der Waals surface area contributed by atoms with Gasteiger partial charge in [-0.3, -0.25) is 9.48 Å². The summed E-state index contributed by atoms with van der Waals surface area (Å²) in [7, 11) is 1.87. The third-order valence-corrected chi connectivity index (χ3v) is 4.22. The van der Waals surface area contributed by atoms with Gasteiger partial charge in [-0.15, -0.1) is 11.8 Å². The van der Waals surface area contributed by atoms with Crippen molar-refractivity contribution in [1.82, 2.24) is 9.78 Å². The summed E-state index contributed by atoms with van der Waals surface area (Å²) >= 11 is 4.99. The zero-order valence-electron chi connectivity index (χ0n) is 10.9. The van der Waals surface area contributed by atoms with Crippen LogP contribution in [0.1, 0.15) is 11.4 Å². The van der Waals surface area contributed by atoms with Crippen LogP contribution in [0.25, 0.3) is 0 Å². The van der Waals surface area contributed by atoms with Crippen molar-refractivity contribution in [3.8, 4) is 0 Å². The van der Waals surface area contributed by atoms with E-state index in [0.717, 1.165) is 20.8 Å². The Hall–Kier alpha value is -1.07. The molecule has 19 heavy (non-hydrogen) atoms. The van der Waals surface area contributed by atoms with Crippen LogP contribution >= 0.6 is 27.7 Å². The standard InChI is InChI=1S/C14H15BrN2OS/c1-10-6-12(17(2)16-10)8-13(18)9-19-14-5-3-4-11(15)7-14/h3-7H,8-9H2,1-2H3. The van der Waals surface area contributed by atoms with Crippen LogP contribution in [-0.4, -0.2) is 21.3 Å². The monoisotopic (exact) mass is 338 g/mol. The van der Waals surface area contributed by atoms with E-state index in [1.807, 2.05) is 44.3 Å². The van der Waals surface area contributed by atoms with Gasteiger partial charge in [-0.05, 0) is 31.2 Å². The number of carbonyl (C=O) groups is 1. The van der Waals surface area contributed by atoms with Crippen LogP contribution in [0.3, 0.4) is 0 Å². The minimum absolute atomic E-state index is 0.216. The van der Waals surface area contributed by atoms with E-state index in [1.54, 1.807) is 16.4 Å². The summed E-state index contributed by atoms with van der Waals surface area (Å²) in [5, 5.41) is 4.25. The quantitative estimate of drug-likeness (QED) is 0.783. The van der Waals surface area contributed by atoms with Crippen LogP contribution in [-0.2, 0) is 18.3 Å². The average Bonchev–Trinajstić information content (AvgIpc) is 2.65. The highest BCUT2D eigenvalue weighted by atomic mass is 79.9. The lowest BCUT2D eigenvalue weighted by molar-refractivity contribution is -0.116. The van der Waals surface area contributed by atoms with Gasteiger partial charge >= 0.3 is 0 Å². The molecule has 0 fully saturated rings. The van der Waals surface area contributed by atoms with Gasteiger partial charge < -0.3 is 0 Å². The van der Waals surface area contributed by atoms with E-state index in [1.165, 1.54) is 0 Å². The molecule has 3 nitrogen and oxygen atoms in total. The molecule has 2 aromatic rings. The Morgan fingerprint density at radius 2 is 2.21 bits per heavy atom.